The number of carboxylic acid groups (broad SMARTS) is 1. The van der Waals surface area contributed by atoms with Gasteiger partial charge in [-0.1, -0.05) is 35.1 Å². The lowest BCUT2D eigenvalue weighted by Crippen LogP contribution is -2.35. The lowest BCUT2D eigenvalue weighted by Gasteiger charge is -2.27. The van der Waals surface area contributed by atoms with Crippen molar-refractivity contribution >= 4 is 49.8 Å². The summed E-state index contributed by atoms with van der Waals surface area (Å²) in [4.78, 5) is 28.5. The molecule has 3 N–H and O–H groups in total. The molecule has 2 aliphatic rings. The van der Waals surface area contributed by atoms with Crippen LogP contribution in [0, 0.1) is 0 Å². The van der Waals surface area contributed by atoms with Crippen molar-refractivity contribution in [1.29, 1.82) is 0 Å². The molecule has 2 fully saturated rings. The monoisotopic (exact) mass is 513 g/mol. The highest BCUT2D eigenvalue weighted by Gasteiger charge is 2.37. The molecule has 1 saturated carbocycles. The topological polar surface area (TPSA) is 135 Å². The Morgan fingerprint density at radius 2 is 1.88 bits per heavy atom. The maximum atomic E-state index is 13.2. The van der Waals surface area contributed by atoms with Crippen molar-refractivity contribution in [3.05, 3.63) is 39.9 Å². The second-order valence-corrected chi connectivity index (χ2v) is 11.9. The molecular weight excluding hydrogens is 490 g/mol. The number of hydrogen-bond donors (Lipinski definition) is 3. The minimum atomic E-state index is -3.34. The lowest BCUT2D eigenvalue weighted by atomic mass is 10.1. The molecule has 1 atom stereocenters. The number of ether oxygens (including phenoxy) is 1. The number of anilines is 1. The number of benzene rings is 1. The summed E-state index contributed by atoms with van der Waals surface area (Å²) < 4.78 is 31.3. The quantitative estimate of drug-likeness (QED) is 0.466. The van der Waals surface area contributed by atoms with Crippen molar-refractivity contribution in [1.82, 2.24) is 10.3 Å². The van der Waals surface area contributed by atoms with Crippen LogP contribution in [0.4, 0.5) is 5.13 Å². The van der Waals surface area contributed by atoms with Gasteiger partial charge in [-0.2, -0.15) is 0 Å². The molecule has 0 spiro atoms. The van der Waals surface area contributed by atoms with E-state index in [-0.39, 0.29) is 37.8 Å². The van der Waals surface area contributed by atoms with E-state index in [4.69, 9.17) is 21.4 Å². The fourth-order valence-corrected chi connectivity index (χ4v) is 6.33. The third kappa shape index (κ3) is 5.90. The van der Waals surface area contributed by atoms with Crippen LogP contribution < -0.4 is 10.6 Å². The minimum absolute atomic E-state index is 0.140. The molecule has 1 aliphatic carbocycles. The minimum Gasteiger partial charge on any atom is -0.481 e. The average molecular weight is 514 g/mol. The number of halogens is 1. The standard InChI is InChI=1S/C21H24ClN3O6S2/c22-19-16(11-17(26)27)24-21(32-19)25-20(28)18(31-13-7-9-23-10-8-13)12-1-3-14(4-2-12)33(29,30)15-5-6-15/h1-4,13,15,18,23H,5-11H2,(H,26,27)(H,24,25,28). The molecule has 0 radical (unpaired) electrons. The van der Waals surface area contributed by atoms with E-state index < -0.39 is 27.8 Å². The first-order chi connectivity index (χ1) is 15.7. The van der Waals surface area contributed by atoms with Crippen LogP contribution in [0.1, 0.15) is 43.0 Å². The molecule has 4 rings (SSSR count). The molecule has 0 bridgehead atoms. The van der Waals surface area contributed by atoms with Crippen LogP contribution in [0.5, 0.6) is 0 Å². The predicted octanol–water partition coefficient (Wildman–Crippen LogP) is 2.81. The van der Waals surface area contributed by atoms with E-state index in [1.54, 1.807) is 12.1 Å². The number of amides is 1. The van der Waals surface area contributed by atoms with E-state index in [1.165, 1.54) is 12.1 Å². The molecule has 1 aromatic carbocycles. The van der Waals surface area contributed by atoms with Crippen LogP contribution in [-0.2, 0) is 30.6 Å². The summed E-state index contributed by atoms with van der Waals surface area (Å²) in [6.07, 6.45) is 1.35. The highest BCUT2D eigenvalue weighted by Crippen LogP contribution is 2.35. The average Bonchev–Trinajstić information content (AvgIpc) is 3.59. The predicted molar refractivity (Wildman–Crippen MR) is 123 cm³/mol. The van der Waals surface area contributed by atoms with Crippen LogP contribution >= 0.6 is 22.9 Å². The van der Waals surface area contributed by atoms with Crippen LogP contribution in [0.25, 0.3) is 0 Å². The Balaban J connectivity index is 1.55. The number of aliphatic carboxylic acids is 1. The van der Waals surface area contributed by atoms with Crippen molar-refractivity contribution in [3.8, 4) is 0 Å². The van der Waals surface area contributed by atoms with E-state index in [0.29, 0.717) is 18.4 Å². The number of nitrogens with one attached hydrogen (secondary N) is 2. The molecule has 2 aromatic rings. The van der Waals surface area contributed by atoms with Crippen molar-refractivity contribution in [2.24, 2.45) is 0 Å². The number of aromatic nitrogens is 1. The molecular formula is C21H24ClN3O6S2. The molecule has 2 heterocycles. The normalized spacial score (nSPS) is 18.1. The van der Waals surface area contributed by atoms with Crippen LogP contribution in [0.3, 0.4) is 0 Å². The highest BCUT2D eigenvalue weighted by atomic mass is 35.5. The molecule has 178 valence electrons. The Kier molecular flexibility index (Phi) is 7.34. The number of hydrogen-bond acceptors (Lipinski definition) is 8. The van der Waals surface area contributed by atoms with Crippen LogP contribution in [0.2, 0.25) is 4.34 Å². The smallest absolute Gasteiger partial charge is 0.309 e. The number of rotatable bonds is 9. The first-order valence-electron chi connectivity index (χ1n) is 10.6. The number of nitrogens with zero attached hydrogens (tertiary/aromatic N) is 1. The largest absolute Gasteiger partial charge is 0.481 e. The fraction of sp³-hybridized carbons (Fsp3) is 0.476. The van der Waals surface area contributed by atoms with Gasteiger partial charge in [-0.05, 0) is 56.5 Å². The third-order valence-electron chi connectivity index (χ3n) is 5.53. The second kappa shape index (κ2) is 10.1. The molecule has 12 heteroatoms. The van der Waals surface area contributed by atoms with Crippen molar-refractivity contribution in [3.63, 3.8) is 0 Å². The van der Waals surface area contributed by atoms with Gasteiger partial charge in [-0.3, -0.25) is 14.9 Å². The lowest BCUT2D eigenvalue weighted by molar-refractivity contribution is -0.136. The van der Waals surface area contributed by atoms with E-state index in [9.17, 15) is 18.0 Å². The fourth-order valence-electron chi connectivity index (χ4n) is 3.63. The Hall–Kier alpha value is -2.05. The first kappa shape index (κ1) is 24.1. The van der Waals surface area contributed by atoms with E-state index in [0.717, 1.165) is 37.3 Å². The van der Waals surface area contributed by atoms with Gasteiger partial charge in [0.15, 0.2) is 21.1 Å². The maximum Gasteiger partial charge on any atom is 0.309 e. The third-order valence-corrected chi connectivity index (χ3v) is 9.06. The van der Waals surface area contributed by atoms with E-state index >= 15 is 0 Å². The van der Waals surface area contributed by atoms with Gasteiger partial charge in [0.2, 0.25) is 0 Å². The van der Waals surface area contributed by atoms with Crippen LogP contribution in [0.15, 0.2) is 29.2 Å². The van der Waals surface area contributed by atoms with Crippen molar-refractivity contribution in [2.45, 2.75) is 54.5 Å². The number of carbonyl (C=O) groups excluding carboxylic acids is 1. The number of piperidine rings is 1. The Bertz CT molecular complexity index is 1130. The second-order valence-electron chi connectivity index (χ2n) is 8.08. The summed E-state index contributed by atoms with van der Waals surface area (Å²) in [5.41, 5.74) is 0.698. The Morgan fingerprint density at radius 3 is 2.48 bits per heavy atom. The highest BCUT2D eigenvalue weighted by molar-refractivity contribution is 7.92. The molecule has 9 nitrogen and oxygen atoms in total. The molecule has 1 aliphatic heterocycles. The summed E-state index contributed by atoms with van der Waals surface area (Å²) in [5, 5.41) is 14.7. The number of carbonyl (C=O) groups is 2. The molecule has 1 saturated heterocycles. The van der Waals surface area contributed by atoms with Gasteiger partial charge >= 0.3 is 5.97 Å². The summed E-state index contributed by atoms with van der Waals surface area (Å²) in [7, 11) is -3.34. The van der Waals surface area contributed by atoms with Crippen molar-refractivity contribution in [2.75, 3.05) is 18.4 Å². The van der Waals surface area contributed by atoms with E-state index in [2.05, 4.69) is 15.6 Å². The molecule has 1 aromatic heterocycles. The SMILES string of the molecule is O=C(O)Cc1nc(NC(=O)C(OC2CCNCC2)c2ccc(S(=O)(=O)C3CC3)cc2)sc1Cl. The van der Waals surface area contributed by atoms with Crippen molar-refractivity contribution < 1.29 is 27.9 Å². The van der Waals surface area contributed by atoms with Gasteiger partial charge < -0.3 is 15.2 Å². The molecule has 1 unspecified atom stereocenters. The van der Waals surface area contributed by atoms with Gasteiger partial charge in [-0.25, -0.2) is 13.4 Å². The zero-order valence-corrected chi connectivity index (χ0v) is 20.0. The van der Waals surface area contributed by atoms with Gasteiger partial charge in [-0.15, -0.1) is 0 Å². The first-order valence-corrected chi connectivity index (χ1v) is 13.4. The molecule has 1 amide bonds. The van der Waals surface area contributed by atoms with E-state index in [1.807, 2.05) is 0 Å². The zero-order valence-electron chi connectivity index (χ0n) is 17.6. The number of thiazole rings is 1. The van der Waals surface area contributed by atoms with Gasteiger partial charge in [0.1, 0.15) is 4.34 Å². The van der Waals surface area contributed by atoms with Gasteiger partial charge in [0.05, 0.1) is 28.4 Å². The van der Waals surface area contributed by atoms with Gasteiger partial charge in [0.25, 0.3) is 5.91 Å². The number of carboxylic acids is 1. The summed E-state index contributed by atoms with van der Waals surface area (Å²) in [5.74, 6) is -1.56. The number of sulfone groups is 1. The van der Waals surface area contributed by atoms with Crippen LogP contribution in [-0.4, -0.2) is 54.8 Å². The summed E-state index contributed by atoms with van der Waals surface area (Å²) >= 11 is 7.04. The summed E-state index contributed by atoms with van der Waals surface area (Å²) in [6.45, 7) is 1.55. The summed E-state index contributed by atoms with van der Waals surface area (Å²) in [6, 6.07) is 6.23. The zero-order chi connectivity index (χ0) is 23.6. The van der Waals surface area contributed by atoms with Gasteiger partial charge in [0, 0.05) is 0 Å². The Morgan fingerprint density at radius 1 is 1.21 bits per heavy atom. The maximum absolute atomic E-state index is 13.2. The molecule has 33 heavy (non-hydrogen) atoms. The Labute approximate surface area is 200 Å².